The van der Waals surface area contributed by atoms with Crippen LogP contribution in [0, 0.1) is 11.8 Å². The lowest BCUT2D eigenvalue weighted by molar-refractivity contribution is 0.162. The quantitative estimate of drug-likeness (QED) is 0.580. The van der Waals surface area contributed by atoms with Crippen molar-refractivity contribution < 1.29 is 26.7 Å². The number of aliphatic hydroxyl groups excluding tert-OH is 1. The minimum Gasteiger partial charge on any atom is -0.445 e. The van der Waals surface area contributed by atoms with E-state index in [4.69, 9.17) is 4.42 Å². The topological polar surface area (TPSA) is 97.4 Å². The molecule has 0 saturated heterocycles. The monoisotopic (exact) mass is 433 g/mol. The number of halogens is 3. The predicted molar refractivity (Wildman–Crippen MR) is 99.5 cm³/mol. The van der Waals surface area contributed by atoms with E-state index in [1.165, 1.54) is 31.3 Å². The molecule has 0 aliphatic heterocycles. The average Bonchev–Trinajstić information content (AvgIpc) is 3.23. The highest BCUT2D eigenvalue weighted by atomic mass is 35.5. The normalized spacial score (nSPS) is 12.6. The first-order chi connectivity index (χ1) is 12.8. The molecular formula is C17H18ClF2N3O4S. The number of nitrogens with zero attached hydrogens (tertiary/aromatic N) is 2. The second kappa shape index (κ2) is 8.39. The van der Waals surface area contributed by atoms with Gasteiger partial charge < -0.3 is 14.8 Å². The Morgan fingerprint density at radius 3 is 2.61 bits per heavy atom. The molecular weight excluding hydrogens is 416 g/mol. The second-order valence-electron chi connectivity index (χ2n) is 5.82. The Labute approximate surface area is 166 Å². The summed E-state index contributed by atoms with van der Waals surface area (Å²) >= 11 is 0. The zero-order valence-electron chi connectivity index (χ0n) is 14.9. The first-order valence-electron chi connectivity index (χ1n) is 7.96. The van der Waals surface area contributed by atoms with Crippen molar-refractivity contribution in [3.05, 3.63) is 59.7 Å². The highest BCUT2D eigenvalue weighted by molar-refractivity contribution is 7.89. The van der Waals surface area contributed by atoms with E-state index in [0.717, 1.165) is 12.3 Å². The Morgan fingerprint density at radius 2 is 2.04 bits per heavy atom. The van der Waals surface area contributed by atoms with E-state index < -0.39 is 38.7 Å². The van der Waals surface area contributed by atoms with Gasteiger partial charge in [0.2, 0.25) is 11.0 Å². The van der Waals surface area contributed by atoms with E-state index >= 15 is 0 Å². The summed E-state index contributed by atoms with van der Waals surface area (Å²) in [6, 6.07) is 5.06. The molecule has 7 nitrogen and oxygen atoms in total. The zero-order chi connectivity index (χ0) is 19.8. The van der Waals surface area contributed by atoms with Crippen molar-refractivity contribution in [2.75, 3.05) is 7.05 Å². The first-order valence-corrected chi connectivity index (χ1v) is 9.40. The zero-order valence-corrected chi connectivity index (χ0v) is 16.5. The molecule has 0 radical (unpaired) electrons. The van der Waals surface area contributed by atoms with Crippen LogP contribution in [-0.4, -0.2) is 29.5 Å². The number of furan rings is 1. The fraction of sp³-hybridized carbons (Fsp3) is 0.235. The van der Waals surface area contributed by atoms with Crippen LogP contribution < -0.4 is 5.32 Å². The lowest BCUT2D eigenvalue weighted by Crippen LogP contribution is -2.13. The Balaban J connectivity index is 0.00000280. The van der Waals surface area contributed by atoms with Crippen LogP contribution in [-0.2, 0) is 16.6 Å². The Morgan fingerprint density at radius 1 is 1.32 bits per heavy atom. The molecule has 0 bridgehead atoms. The first kappa shape index (κ1) is 22.0. The van der Waals surface area contributed by atoms with Gasteiger partial charge in [-0.15, -0.1) is 12.4 Å². The summed E-state index contributed by atoms with van der Waals surface area (Å²) in [6.07, 6.45) is 1.22. The molecule has 0 aromatic carbocycles. The van der Waals surface area contributed by atoms with Crippen molar-refractivity contribution in [1.29, 1.82) is 0 Å². The summed E-state index contributed by atoms with van der Waals surface area (Å²) in [5.41, 5.74) is -0.759. The van der Waals surface area contributed by atoms with Gasteiger partial charge in [0.05, 0.1) is 5.56 Å². The summed E-state index contributed by atoms with van der Waals surface area (Å²) in [5.74, 6) is -1.86. The smallest absolute Gasteiger partial charge is 0.301 e. The molecule has 0 saturated carbocycles. The number of aliphatic hydroxyl groups is 1. The molecule has 0 fully saturated rings. The number of aromatic nitrogens is 2. The fourth-order valence-electron chi connectivity index (χ4n) is 2.61. The third-order valence-electron chi connectivity index (χ3n) is 3.89. The van der Waals surface area contributed by atoms with Crippen molar-refractivity contribution >= 4 is 22.4 Å². The summed E-state index contributed by atoms with van der Waals surface area (Å²) in [7, 11) is -2.82. The number of nitrogens with one attached hydrogen (secondary N) is 1. The van der Waals surface area contributed by atoms with Gasteiger partial charge in [-0.25, -0.2) is 13.3 Å². The van der Waals surface area contributed by atoms with Gasteiger partial charge in [0, 0.05) is 24.5 Å². The SMILES string of the molecule is CNCc1cn(S(=O)(=O)c2ccc(C(C)O)o2)c(-c2cccnc2F)c1F.Cl. The molecule has 0 amide bonds. The molecule has 3 aromatic heterocycles. The van der Waals surface area contributed by atoms with E-state index in [1.54, 1.807) is 7.05 Å². The highest BCUT2D eigenvalue weighted by Gasteiger charge is 2.30. The van der Waals surface area contributed by atoms with Gasteiger partial charge in [-0.1, -0.05) is 0 Å². The highest BCUT2D eigenvalue weighted by Crippen LogP contribution is 2.32. The van der Waals surface area contributed by atoms with E-state index in [-0.39, 0.29) is 35.8 Å². The molecule has 0 aliphatic rings. The van der Waals surface area contributed by atoms with Gasteiger partial charge >= 0.3 is 10.0 Å². The van der Waals surface area contributed by atoms with Gasteiger partial charge in [0.25, 0.3) is 0 Å². The van der Waals surface area contributed by atoms with Gasteiger partial charge in [-0.05, 0) is 38.2 Å². The van der Waals surface area contributed by atoms with Gasteiger partial charge in [-0.3, -0.25) is 0 Å². The van der Waals surface area contributed by atoms with Crippen LogP contribution in [0.5, 0.6) is 0 Å². The van der Waals surface area contributed by atoms with Crippen LogP contribution in [0.1, 0.15) is 24.4 Å². The molecule has 1 atom stereocenters. The van der Waals surface area contributed by atoms with Crippen molar-refractivity contribution in [3.63, 3.8) is 0 Å². The number of hydrogen-bond donors (Lipinski definition) is 2. The average molecular weight is 434 g/mol. The maximum Gasteiger partial charge on any atom is 0.301 e. The number of rotatable bonds is 6. The maximum absolute atomic E-state index is 14.9. The van der Waals surface area contributed by atoms with Gasteiger partial charge in [-0.2, -0.15) is 12.8 Å². The van der Waals surface area contributed by atoms with E-state index in [2.05, 4.69) is 10.3 Å². The Kier molecular flexibility index (Phi) is 6.60. The number of pyridine rings is 1. The van der Waals surface area contributed by atoms with Crippen LogP contribution in [0.4, 0.5) is 8.78 Å². The van der Waals surface area contributed by atoms with Crippen molar-refractivity contribution in [1.82, 2.24) is 14.3 Å². The fourth-order valence-corrected chi connectivity index (χ4v) is 3.93. The molecule has 3 rings (SSSR count). The van der Waals surface area contributed by atoms with Crippen LogP contribution in [0.25, 0.3) is 11.3 Å². The lowest BCUT2D eigenvalue weighted by atomic mass is 10.2. The minimum absolute atomic E-state index is 0. The molecule has 0 aliphatic carbocycles. The van der Waals surface area contributed by atoms with E-state index in [0.29, 0.717) is 3.97 Å². The molecule has 2 N–H and O–H groups in total. The standard InChI is InChI=1S/C17H17F2N3O4S.ClH/c1-10(23)13-5-6-14(26-13)27(24,25)22-9-11(8-20-2)15(18)16(22)12-4-3-7-21-17(12)19;/h3-7,9-10,20,23H,8H2,1-2H3;1H. The molecule has 3 aromatic rings. The maximum atomic E-state index is 14.9. The number of hydrogen-bond acceptors (Lipinski definition) is 6. The molecule has 0 spiro atoms. The van der Waals surface area contributed by atoms with Crippen molar-refractivity contribution in [3.8, 4) is 11.3 Å². The second-order valence-corrected chi connectivity index (χ2v) is 7.57. The van der Waals surface area contributed by atoms with Crippen LogP contribution in [0.15, 0.2) is 46.2 Å². The van der Waals surface area contributed by atoms with Crippen LogP contribution in [0.2, 0.25) is 0 Å². The van der Waals surface area contributed by atoms with E-state index in [9.17, 15) is 22.3 Å². The molecule has 3 heterocycles. The minimum atomic E-state index is -4.39. The summed E-state index contributed by atoms with van der Waals surface area (Å²) in [5, 5.41) is 11.8. The molecule has 1 unspecified atom stereocenters. The van der Waals surface area contributed by atoms with Crippen LogP contribution >= 0.6 is 12.4 Å². The summed E-state index contributed by atoms with van der Waals surface area (Å²) < 4.78 is 60.9. The van der Waals surface area contributed by atoms with Gasteiger partial charge in [0.1, 0.15) is 17.6 Å². The van der Waals surface area contributed by atoms with E-state index in [1.807, 2.05) is 0 Å². The largest absolute Gasteiger partial charge is 0.445 e. The Bertz CT molecular complexity index is 1080. The van der Waals surface area contributed by atoms with Crippen molar-refractivity contribution in [2.24, 2.45) is 0 Å². The van der Waals surface area contributed by atoms with Crippen LogP contribution in [0.3, 0.4) is 0 Å². The lowest BCUT2D eigenvalue weighted by Gasteiger charge is -2.09. The Hall–Kier alpha value is -2.27. The predicted octanol–water partition coefficient (Wildman–Crippen LogP) is 2.85. The van der Waals surface area contributed by atoms with Gasteiger partial charge in [0.15, 0.2) is 5.82 Å². The molecule has 152 valence electrons. The van der Waals surface area contributed by atoms with Crippen molar-refractivity contribution in [2.45, 2.75) is 24.7 Å². The molecule has 11 heteroatoms. The third-order valence-corrected chi connectivity index (χ3v) is 5.43. The summed E-state index contributed by atoms with van der Waals surface area (Å²) in [6.45, 7) is 1.44. The molecule has 28 heavy (non-hydrogen) atoms. The third kappa shape index (κ3) is 3.81. The summed E-state index contributed by atoms with van der Waals surface area (Å²) in [4.78, 5) is 3.46.